The van der Waals surface area contributed by atoms with Gasteiger partial charge in [0.2, 0.25) is 0 Å². The molecule has 0 bridgehead atoms. The highest BCUT2D eigenvalue weighted by Crippen LogP contribution is 2.43. The average molecular weight is 233 g/mol. The van der Waals surface area contributed by atoms with Crippen LogP contribution in [0.25, 0.3) is 0 Å². The summed E-state index contributed by atoms with van der Waals surface area (Å²) >= 11 is 0. The standard InChI is InChI=1S/C15H23NO/c1-11-6-7-13(12(2)8-11)15(9-17-10-15)14(3,4)16-5/h6-8,16H,9-10H2,1-5H3. The van der Waals surface area contributed by atoms with E-state index in [1.54, 1.807) is 0 Å². The zero-order valence-corrected chi connectivity index (χ0v) is 11.6. The van der Waals surface area contributed by atoms with Crippen LogP contribution in [-0.2, 0) is 10.2 Å². The third-order valence-electron chi connectivity index (χ3n) is 4.42. The molecule has 1 aromatic rings. The Labute approximate surface area is 104 Å². The van der Waals surface area contributed by atoms with Gasteiger partial charge < -0.3 is 10.1 Å². The van der Waals surface area contributed by atoms with Gasteiger partial charge in [0.05, 0.1) is 18.6 Å². The van der Waals surface area contributed by atoms with Gasteiger partial charge in [0.15, 0.2) is 0 Å². The van der Waals surface area contributed by atoms with Crippen LogP contribution < -0.4 is 5.32 Å². The summed E-state index contributed by atoms with van der Waals surface area (Å²) in [5, 5.41) is 3.44. The van der Waals surface area contributed by atoms with Crippen molar-refractivity contribution >= 4 is 0 Å². The highest BCUT2D eigenvalue weighted by molar-refractivity contribution is 5.41. The molecule has 1 N–H and O–H groups in total. The molecule has 0 aromatic heterocycles. The highest BCUT2D eigenvalue weighted by atomic mass is 16.5. The van der Waals surface area contributed by atoms with Crippen molar-refractivity contribution in [3.8, 4) is 0 Å². The second kappa shape index (κ2) is 4.11. The van der Waals surface area contributed by atoms with Crippen LogP contribution in [0.5, 0.6) is 0 Å². The van der Waals surface area contributed by atoms with Crippen molar-refractivity contribution in [2.24, 2.45) is 0 Å². The van der Waals surface area contributed by atoms with Crippen molar-refractivity contribution < 1.29 is 4.74 Å². The molecular weight excluding hydrogens is 210 g/mol. The van der Waals surface area contributed by atoms with E-state index in [2.05, 4.69) is 51.2 Å². The number of benzene rings is 1. The van der Waals surface area contributed by atoms with Crippen LogP contribution in [0.2, 0.25) is 0 Å². The largest absolute Gasteiger partial charge is 0.379 e. The van der Waals surface area contributed by atoms with Crippen LogP contribution in [0.3, 0.4) is 0 Å². The Hall–Kier alpha value is -0.860. The quantitative estimate of drug-likeness (QED) is 0.866. The van der Waals surface area contributed by atoms with E-state index in [1.807, 2.05) is 7.05 Å². The molecule has 0 amide bonds. The lowest BCUT2D eigenvalue weighted by molar-refractivity contribution is -0.0994. The molecule has 17 heavy (non-hydrogen) atoms. The Morgan fingerprint density at radius 3 is 2.29 bits per heavy atom. The molecular formula is C15H23NO. The van der Waals surface area contributed by atoms with Gasteiger partial charge in [-0.2, -0.15) is 0 Å². The third kappa shape index (κ3) is 1.80. The summed E-state index contributed by atoms with van der Waals surface area (Å²) < 4.78 is 5.53. The molecule has 0 atom stereocenters. The van der Waals surface area contributed by atoms with Gasteiger partial charge in [-0.1, -0.05) is 23.8 Å². The highest BCUT2D eigenvalue weighted by Gasteiger charge is 2.52. The van der Waals surface area contributed by atoms with Crippen molar-refractivity contribution in [2.45, 2.75) is 38.6 Å². The van der Waals surface area contributed by atoms with E-state index in [9.17, 15) is 0 Å². The Morgan fingerprint density at radius 2 is 1.88 bits per heavy atom. The van der Waals surface area contributed by atoms with Gasteiger partial charge in [0.25, 0.3) is 0 Å². The maximum absolute atomic E-state index is 5.53. The molecule has 1 fully saturated rings. The Balaban J connectivity index is 2.49. The number of likely N-dealkylation sites (N-methyl/N-ethyl adjacent to an activating group) is 1. The van der Waals surface area contributed by atoms with Crippen molar-refractivity contribution in [2.75, 3.05) is 20.3 Å². The SMILES string of the molecule is CNC(C)(C)C1(c2ccc(C)cc2C)COC1. The summed E-state index contributed by atoms with van der Waals surface area (Å²) in [6.45, 7) is 10.5. The van der Waals surface area contributed by atoms with Crippen LogP contribution in [0.4, 0.5) is 0 Å². The first-order chi connectivity index (χ1) is 7.93. The Kier molecular flexibility index (Phi) is 3.04. The van der Waals surface area contributed by atoms with E-state index in [1.165, 1.54) is 16.7 Å². The van der Waals surface area contributed by atoms with Crippen molar-refractivity contribution in [3.05, 3.63) is 34.9 Å². The second-order valence-electron chi connectivity index (χ2n) is 5.77. The van der Waals surface area contributed by atoms with E-state index >= 15 is 0 Å². The van der Waals surface area contributed by atoms with Gasteiger partial charge in [-0.3, -0.25) is 0 Å². The normalized spacial score (nSPS) is 18.9. The van der Waals surface area contributed by atoms with Gasteiger partial charge in [0.1, 0.15) is 0 Å². The molecule has 1 aliphatic heterocycles. The average Bonchev–Trinajstić information content (AvgIpc) is 2.19. The molecule has 94 valence electrons. The Bertz CT molecular complexity index is 419. The molecule has 2 rings (SSSR count). The molecule has 0 spiro atoms. The summed E-state index contributed by atoms with van der Waals surface area (Å²) in [7, 11) is 2.03. The number of rotatable bonds is 3. The predicted molar refractivity (Wildman–Crippen MR) is 71.6 cm³/mol. The first kappa shape index (κ1) is 12.6. The summed E-state index contributed by atoms with van der Waals surface area (Å²) in [4.78, 5) is 0. The number of aryl methyl sites for hydroxylation is 2. The minimum absolute atomic E-state index is 0.0469. The van der Waals surface area contributed by atoms with Gasteiger partial charge in [-0.05, 0) is 45.9 Å². The first-order valence-electron chi connectivity index (χ1n) is 6.27. The van der Waals surface area contributed by atoms with Crippen molar-refractivity contribution in [3.63, 3.8) is 0 Å². The molecule has 1 heterocycles. The fourth-order valence-corrected chi connectivity index (χ4v) is 2.75. The second-order valence-corrected chi connectivity index (χ2v) is 5.77. The maximum Gasteiger partial charge on any atom is 0.0603 e. The monoisotopic (exact) mass is 233 g/mol. The fraction of sp³-hybridized carbons (Fsp3) is 0.600. The van der Waals surface area contributed by atoms with Crippen LogP contribution in [0, 0.1) is 13.8 Å². The molecule has 0 saturated carbocycles. The first-order valence-corrected chi connectivity index (χ1v) is 6.27. The van der Waals surface area contributed by atoms with Crippen LogP contribution in [0.1, 0.15) is 30.5 Å². The summed E-state index contributed by atoms with van der Waals surface area (Å²) in [6, 6.07) is 6.74. The Morgan fingerprint density at radius 1 is 1.24 bits per heavy atom. The van der Waals surface area contributed by atoms with Gasteiger partial charge in [-0.25, -0.2) is 0 Å². The lowest BCUT2D eigenvalue weighted by atomic mass is 9.64. The fourth-order valence-electron chi connectivity index (χ4n) is 2.75. The predicted octanol–water partition coefficient (Wildman–Crippen LogP) is 2.57. The molecule has 0 aliphatic carbocycles. The van der Waals surface area contributed by atoms with Crippen LogP contribution >= 0.6 is 0 Å². The minimum Gasteiger partial charge on any atom is -0.379 e. The number of ether oxygens (including phenoxy) is 1. The lowest BCUT2D eigenvalue weighted by Gasteiger charge is -2.53. The van der Waals surface area contributed by atoms with E-state index < -0.39 is 0 Å². The van der Waals surface area contributed by atoms with E-state index in [0.29, 0.717) is 0 Å². The van der Waals surface area contributed by atoms with Gasteiger partial charge in [0, 0.05) is 5.54 Å². The van der Waals surface area contributed by atoms with Gasteiger partial charge in [-0.15, -0.1) is 0 Å². The van der Waals surface area contributed by atoms with Crippen molar-refractivity contribution in [1.82, 2.24) is 5.32 Å². The topological polar surface area (TPSA) is 21.3 Å². The molecule has 2 heteroatoms. The molecule has 0 radical (unpaired) electrons. The van der Waals surface area contributed by atoms with Crippen LogP contribution in [-0.4, -0.2) is 25.8 Å². The molecule has 1 aromatic carbocycles. The summed E-state index contributed by atoms with van der Waals surface area (Å²) in [5.41, 5.74) is 4.28. The number of nitrogens with one attached hydrogen (secondary N) is 1. The lowest BCUT2D eigenvalue weighted by Crippen LogP contribution is -2.66. The van der Waals surface area contributed by atoms with Crippen LogP contribution in [0.15, 0.2) is 18.2 Å². The third-order valence-corrected chi connectivity index (χ3v) is 4.42. The number of hydrogen-bond acceptors (Lipinski definition) is 2. The zero-order chi connectivity index (χ0) is 12.7. The zero-order valence-electron chi connectivity index (χ0n) is 11.6. The molecule has 1 aliphatic rings. The smallest absolute Gasteiger partial charge is 0.0603 e. The maximum atomic E-state index is 5.53. The molecule has 0 unspecified atom stereocenters. The number of hydrogen-bond donors (Lipinski definition) is 1. The summed E-state index contributed by atoms with van der Waals surface area (Å²) in [5.74, 6) is 0. The van der Waals surface area contributed by atoms with E-state index in [0.717, 1.165) is 13.2 Å². The summed E-state index contributed by atoms with van der Waals surface area (Å²) in [6.07, 6.45) is 0. The van der Waals surface area contributed by atoms with E-state index in [-0.39, 0.29) is 11.0 Å². The minimum atomic E-state index is 0.0469. The van der Waals surface area contributed by atoms with Crippen molar-refractivity contribution in [1.29, 1.82) is 0 Å². The van der Waals surface area contributed by atoms with Gasteiger partial charge >= 0.3 is 0 Å². The molecule has 1 saturated heterocycles. The van der Waals surface area contributed by atoms with E-state index in [4.69, 9.17) is 4.74 Å². The molecule has 2 nitrogen and oxygen atoms in total.